The summed E-state index contributed by atoms with van der Waals surface area (Å²) in [5, 5.41) is 0. The van der Waals surface area contributed by atoms with Crippen LogP contribution in [0.5, 0.6) is 0 Å². The molecule has 17 heavy (non-hydrogen) atoms. The summed E-state index contributed by atoms with van der Waals surface area (Å²) in [5.74, 6) is -1.63. The van der Waals surface area contributed by atoms with Gasteiger partial charge in [0, 0.05) is 23.2 Å². The van der Waals surface area contributed by atoms with Crippen LogP contribution in [0, 0.1) is 6.92 Å². The zero-order valence-corrected chi connectivity index (χ0v) is 10.5. The fraction of sp³-hybridized carbons (Fsp3) is 0.312. The van der Waals surface area contributed by atoms with Gasteiger partial charge in [0.05, 0.1) is 0 Å². The predicted molar refractivity (Wildman–Crippen MR) is 71.9 cm³/mol. The van der Waals surface area contributed by atoms with Crippen molar-refractivity contribution in [3.05, 3.63) is 53.7 Å². The number of pyridine rings is 1. The molecule has 0 bridgehead atoms. The van der Waals surface area contributed by atoms with E-state index in [4.69, 9.17) is 5.48 Å². The topological polar surface area (TPSA) is 3.88 Å². The molecule has 2 rings (SSSR count). The van der Waals surface area contributed by atoms with E-state index >= 15 is 0 Å². The highest BCUT2D eigenvalue weighted by molar-refractivity contribution is 5.61. The highest BCUT2D eigenvalue weighted by Crippen LogP contribution is 2.23. The van der Waals surface area contributed by atoms with Gasteiger partial charge >= 0.3 is 0 Å². The maximum Gasteiger partial charge on any atom is 0.212 e. The third-order valence-corrected chi connectivity index (χ3v) is 3.00. The summed E-state index contributed by atoms with van der Waals surface area (Å²) in [5.41, 5.74) is 3.57. The van der Waals surface area contributed by atoms with Gasteiger partial charge in [-0.25, -0.2) is 4.57 Å². The third kappa shape index (κ3) is 2.38. The van der Waals surface area contributed by atoms with Crippen molar-refractivity contribution in [1.82, 2.24) is 0 Å². The summed E-state index contributed by atoms with van der Waals surface area (Å²) in [6, 6.07) is 11.5. The zero-order chi connectivity index (χ0) is 15.8. The van der Waals surface area contributed by atoms with Crippen molar-refractivity contribution < 1.29 is 10.1 Å². The maximum absolute atomic E-state index is 8.23. The summed E-state index contributed by atoms with van der Waals surface area (Å²) in [6.45, 7) is 1.10. The number of hydrogen-bond donors (Lipinski definition) is 0. The van der Waals surface area contributed by atoms with Crippen molar-refractivity contribution in [3.63, 3.8) is 0 Å². The van der Waals surface area contributed by atoms with Crippen LogP contribution in [0.3, 0.4) is 0 Å². The summed E-state index contributed by atoms with van der Waals surface area (Å²) >= 11 is 0. The van der Waals surface area contributed by atoms with Gasteiger partial charge in [0.25, 0.3) is 0 Å². The average molecular weight is 230 g/mol. The average Bonchev–Trinajstić information content (AvgIpc) is 2.38. The van der Waals surface area contributed by atoms with Crippen LogP contribution in [-0.4, -0.2) is 0 Å². The van der Waals surface area contributed by atoms with E-state index in [1.165, 1.54) is 6.92 Å². The van der Waals surface area contributed by atoms with Crippen molar-refractivity contribution in [1.29, 1.82) is 0 Å². The molecule has 0 spiro atoms. The van der Waals surface area contributed by atoms with Crippen LogP contribution in [0.4, 0.5) is 0 Å². The van der Waals surface area contributed by atoms with Crippen LogP contribution in [-0.2, 0) is 7.05 Å². The summed E-state index contributed by atoms with van der Waals surface area (Å²) < 4.78 is 32.9. The molecule has 0 aliphatic heterocycles. The molecule has 1 nitrogen and oxygen atoms in total. The molecule has 0 radical (unpaired) electrons. The highest BCUT2D eigenvalue weighted by Gasteiger charge is 2.13. The Bertz CT molecular complexity index is 660. The normalized spacial score (nSPS) is 18.5. The minimum absolute atomic E-state index is 0.499. The van der Waals surface area contributed by atoms with Crippen molar-refractivity contribution in [2.24, 2.45) is 7.05 Å². The molecule has 0 aliphatic rings. The Balaban J connectivity index is 2.61. The van der Waals surface area contributed by atoms with Gasteiger partial charge in [0.1, 0.15) is 7.05 Å². The second-order valence-electron chi connectivity index (χ2n) is 4.35. The molecule has 2 aromatic rings. The van der Waals surface area contributed by atoms with E-state index in [9.17, 15) is 0 Å². The number of aromatic nitrogens is 1. The van der Waals surface area contributed by atoms with Crippen molar-refractivity contribution >= 4 is 0 Å². The molecule has 0 saturated carbocycles. The first-order valence-electron chi connectivity index (χ1n) is 7.71. The predicted octanol–water partition coefficient (Wildman–Crippen LogP) is 3.61. The van der Waals surface area contributed by atoms with Crippen molar-refractivity contribution in [2.75, 3.05) is 0 Å². The van der Waals surface area contributed by atoms with Crippen molar-refractivity contribution in [2.45, 2.75) is 26.6 Å². The Morgan fingerprint density at radius 1 is 1.29 bits per heavy atom. The Morgan fingerprint density at radius 3 is 2.76 bits per heavy atom. The lowest BCUT2D eigenvalue weighted by atomic mass is 9.99. The molecule has 0 N–H and O–H groups in total. The molecule has 1 aromatic heterocycles. The van der Waals surface area contributed by atoms with E-state index < -0.39 is 12.7 Å². The first kappa shape index (κ1) is 7.65. The molecule has 1 aromatic carbocycles. The quantitative estimate of drug-likeness (QED) is 0.694. The molecular weight excluding hydrogens is 206 g/mol. The van der Waals surface area contributed by atoms with Gasteiger partial charge in [-0.3, -0.25) is 0 Å². The highest BCUT2D eigenvalue weighted by atomic mass is 14.9. The number of rotatable bonds is 2. The zero-order valence-electron chi connectivity index (χ0n) is 14.5. The van der Waals surface area contributed by atoms with Gasteiger partial charge in [-0.15, -0.1) is 0 Å². The van der Waals surface area contributed by atoms with Gasteiger partial charge in [0.2, 0.25) is 5.69 Å². The lowest BCUT2D eigenvalue weighted by Crippen LogP contribution is -2.30. The molecule has 1 heteroatoms. The molecule has 0 saturated heterocycles. The van der Waals surface area contributed by atoms with E-state index in [-0.39, 0.29) is 0 Å². The molecule has 1 heterocycles. The van der Waals surface area contributed by atoms with Gasteiger partial charge < -0.3 is 0 Å². The molecule has 88 valence electrons. The Hall–Kier alpha value is -1.63. The molecule has 1 unspecified atom stereocenters. The number of benzene rings is 1. The second-order valence-corrected chi connectivity index (χ2v) is 4.35. The molecule has 0 fully saturated rings. The minimum Gasteiger partial charge on any atom is -0.201 e. The third-order valence-electron chi connectivity index (χ3n) is 3.00. The molecule has 0 aliphatic carbocycles. The van der Waals surface area contributed by atoms with Gasteiger partial charge in [0.15, 0.2) is 6.20 Å². The summed E-state index contributed by atoms with van der Waals surface area (Å²) in [4.78, 5) is 0. The van der Waals surface area contributed by atoms with Gasteiger partial charge in [-0.2, -0.15) is 0 Å². The van der Waals surface area contributed by atoms with Crippen LogP contribution in [0.15, 0.2) is 42.6 Å². The van der Waals surface area contributed by atoms with Crippen molar-refractivity contribution in [3.8, 4) is 11.3 Å². The first-order valence-corrected chi connectivity index (χ1v) is 5.71. The molecule has 1 atom stereocenters. The minimum atomic E-state index is -2.37. The smallest absolute Gasteiger partial charge is 0.201 e. The van der Waals surface area contributed by atoms with Crippen LogP contribution < -0.4 is 4.57 Å². The van der Waals surface area contributed by atoms with Crippen LogP contribution in [0.2, 0.25) is 0 Å². The monoisotopic (exact) mass is 230 g/mol. The van der Waals surface area contributed by atoms with Crippen LogP contribution in [0.25, 0.3) is 11.3 Å². The lowest BCUT2D eigenvalue weighted by Gasteiger charge is -2.08. The standard InChI is InChI=1S/C16H20N/c1-12(2)14-9-10-17(4)16(11-14)15-8-6-5-7-13(15)3/h5-12H,1-4H3/q+1/i1D3,12D. The fourth-order valence-electron chi connectivity index (χ4n) is 1.93. The number of aryl methyl sites for hydroxylation is 2. The second kappa shape index (κ2) is 4.70. The lowest BCUT2D eigenvalue weighted by molar-refractivity contribution is -0.660. The number of hydrogen-bond acceptors (Lipinski definition) is 0. The van der Waals surface area contributed by atoms with E-state index in [2.05, 4.69) is 0 Å². The molecule has 0 amide bonds. The fourth-order valence-corrected chi connectivity index (χ4v) is 1.93. The van der Waals surface area contributed by atoms with E-state index in [0.717, 1.165) is 16.8 Å². The SMILES string of the molecule is [2H]C([2H])([2H])C([2H])(C)c1cc[n+](C)c(-c2ccccc2C)c1. The molecular formula is C16H20N+. The largest absolute Gasteiger partial charge is 0.212 e. The Morgan fingerprint density at radius 2 is 2.06 bits per heavy atom. The van der Waals surface area contributed by atoms with E-state index in [1.807, 2.05) is 55.1 Å². The number of nitrogens with zero attached hydrogens (tertiary/aromatic N) is 1. The van der Waals surface area contributed by atoms with Gasteiger partial charge in [-0.1, -0.05) is 32.0 Å². The summed E-state index contributed by atoms with van der Waals surface area (Å²) in [6.07, 6.45) is 1.82. The Kier molecular flexibility index (Phi) is 2.12. The Labute approximate surface area is 109 Å². The maximum atomic E-state index is 8.23. The van der Waals surface area contributed by atoms with E-state index in [1.54, 1.807) is 6.07 Å². The van der Waals surface area contributed by atoms with Crippen LogP contribution >= 0.6 is 0 Å². The summed E-state index contributed by atoms with van der Waals surface area (Å²) in [7, 11) is 1.92. The van der Waals surface area contributed by atoms with E-state index in [0.29, 0.717) is 5.56 Å². The van der Waals surface area contributed by atoms with Crippen LogP contribution in [0.1, 0.15) is 36.3 Å². The van der Waals surface area contributed by atoms with Gasteiger partial charge in [-0.05, 0) is 30.0 Å². The first-order chi connectivity index (χ1) is 9.64.